The average molecular weight is 390 g/mol. The van der Waals surface area contributed by atoms with Gasteiger partial charge < -0.3 is 5.73 Å². The van der Waals surface area contributed by atoms with E-state index in [0.717, 1.165) is 11.3 Å². The lowest BCUT2D eigenvalue weighted by molar-refractivity contribution is -0.111. The first-order valence-electron chi connectivity index (χ1n) is 7.27. The van der Waals surface area contributed by atoms with E-state index in [4.69, 9.17) is 28.9 Å². The zero-order valence-corrected chi connectivity index (χ0v) is 15.2. The van der Waals surface area contributed by atoms with Gasteiger partial charge in [0.15, 0.2) is 5.13 Å². The van der Waals surface area contributed by atoms with Gasteiger partial charge in [0.1, 0.15) is 0 Å². The number of hydrogen-bond donors (Lipinski definition) is 2. The molecule has 0 unspecified atom stereocenters. The summed E-state index contributed by atoms with van der Waals surface area (Å²) < 4.78 is 0. The third-order valence-corrected chi connectivity index (χ3v) is 4.61. The van der Waals surface area contributed by atoms with E-state index in [1.54, 1.807) is 24.3 Å². The Morgan fingerprint density at radius 2 is 2.04 bits per heavy atom. The average Bonchev–Trinajstić information content (AvgIpc) is 3.02. The summed E-state index contributed by atoms with van der Waals surface area (Å²) in [7, 11) is 0. The Balaban J connectivity index is 1.68. The second-order valence-electron chi connectivity index (χ2n) is 5.15. The van der Waals surface area contributed by atoms with Gasteiger partial charge in [-0.2, -0.15) is 0 Å². The quantitative estimate of drug-likeness (QED) is 0.466. The normalized spacial score (nSPS) is 11.0. The number of halogens is 2. The molecule has 7 heteroatoms. The molecule has 0 atom stereocenters. The van der Waals surface area contributed by atoms with Crippen molar-refractivity contribution >= 4 is 57.3 Å². The van der Waals surface area contributed by atoms with Crippen LogP contribution in [0.4, 0.5) is 10.8 Å². The number of carbonyl (C=O) groups is 1. The van der Waals surface area contributed by atoms with E-state index in [1.165, 1.54) is 17.4 Å². The molecule has 0 aliphatic heterocycles. The van der Waals surface area contributed by atoms with E-state index in [0.29, 0.717) is 26.4 Å². The molecule has 3 rings (SSSR count). The number of nitrogens with zero attached hydrogens (tertiary/aromatic N) is 1. The summed E-state index contributed by atoms with van der Waals surface area (Å²) in [6.07, 6.45) is 3.02. The summed E-state index contributed by atoms with van der Waals surface area (Å²) in [5, 5.41) is 6.13. The number of rotatable bonds is 4. The van der Waals surface area contributed by atoms with Crippen LogP contribution in [0.25, 0.3) is 17.3 Å². The summed E-state index contributed by atoms with van der Waals surface area (Å²) in [5.41, 5.74) is 8.82. The molecular formula is C18H13Cl2N3OS. The standard InChI is InChI=1S/C18H13Cl2N3OS/c19-13-6-4-11(15(20)9-13)5-7-17(24)23-18-22-16(10-25-18)12-2-1-3-14(21)8-12/h1-10H,21H2,(H,22,23,24)/b7-5+. The molecular weight excluding hydrogens is 377 g/mol. The first-order valence-corrected chi connectivity index (χ1v) is 8.90. The molecule has 126 valence electrons. The maximum atomic E-state index is 12.0. The van der Waals surface area contributed by atoms with Gasteiger partial charge in [0, 0.05) is 32.8 Å². The molecule has 0 radical (unpaired) electrons. The van der Waals surface area contributed by atoms with Crippen LogP contribution >= 0.6 is 34.5 Å². The molecule has 0 aliphatic carbocycles. The minimum atomic E-state index is -0.292. The zero-order valence-electron chi connectivity index (χ0n) is 12.9. The highest BCUT2D eigenvalue weighted by atomic mass is 35.5. The fourth-order valence-electron chi connectivity index (χ4n) is 2.11. The second-order valence-corrected chi connectivity index (χ2v) is 6.85. The van der Waals surface area contributed by atoms with Gasteiger partial charge in [-0.25, -0.2) is 4.98 Å². The molecule has 1 heterocycles. The second kappa shape index (κ2) is 7.70. The molecule has 0 bridgehead atoms. The molecule has 3 N–H and O–H groups in total. The Morgan fingerprint density at radius 1 is 1.20 bits per heavy atom. The molecule has 4 nitrogen and oxygen atoms in total. The van der Waals surface area contributed by atoms with Crippen LogP contribution in [-0.4, -0.2) is 10.9 Å². The van der Waals surface area contributed by atoms with Crippen molar-refractivity contribution in [3.05, 3.63) is 69.5 Å². The number of nitrogens with one attached hydrogen (secondary N) is 1. The zero-order chi connectivity index (χ0) is 17.8. The fourth-order valence-corrected chi connectivity index (χ4v) is 3.31. The number of amides is 1. The number of carbonyl (C=O) groups excluding carboxylic acids is 1. The first kappa shape index (κ1) is 17.5. The van der Waals surface area contributed by atoms with Crippen molar-refractivity contribution in [1.82, 2.24) is 4.98 Å². The number of aromatic nitrogens is 1. The third kappa shape index (κ3) is 4.60. The van der Waals surface area contributed by atoms with E-state index < -0.39 is 0 Å². The largest absolute Gasteiger partial charge is 0.399 e. The molecule has 1 aromatic heterocycles. The maximum absolute atomic E-state index is 12.0. The lowest BCUT2D eigenvalue weighted by Crippen LogP contribution is -2.07. The number of thiazole rings is 1. The Bertz CT molecular complexity index is 953. The molecule has 0 saturated heterocycles. The van der Waals surface area contributed by atoms with Crippen LogP contribution in [0.5, 0.6) is 0 Å². The lowest BCUT2D eigenvalue weighted by Gasteiger charge is -2.00. The highest BCUT2D eigenvalue weighted by molar-refractivity contribution is 7.14. The Hall–Kier alpha value is -2.34. The molecule has 0 saturated carbocycles. The van der Waals surface area contributed by atoms with Gasteiger partial charge in [0.05, 0.1) is 5.69 Å². The van der Waals surface area contributed by atoms with E-state index in [9.17, 15) is 4.79 Å². The van der Waals surface area contributed by atoms with Crippen LogP contribution in [0.15, 0.2) is 53.9 Å². The molecule has 1 amide bonds. The number of nitrogen functional groups attached to an aromatic ring is 1. The highest BCUT2D eigenvalue weighted by Gasteiger charge is 2.07. The molecule has 3 aromatic rings. The summed E-state index contributed by atoms with van der Waals surface area (Å²) in [5.74, 6) is -0.292. The van der Waals surface area contributed by atoms with Crippen molar-refractivity contribution < 1.29 is 4.79 Å². The van der Waals surface area contributed by atoms with E-state index >= 15 is 0 Å². The molecule has 0 spiro atoms. The fraction of sp³-hybridized carbons (Fsp3) is 0. The molecule has 25 heavy (non-hydrogen) atoms. The molecule has 2 aromatic carbocycles. The van der Waals surface area contributed by atoms with Gasteiger partial charge in [-0.1, -0.05) is 41.4 Å². The summed E-state index contributed by atoms with van der Waals surface area (Å²) in [6, 6.07) is 12.5. The summed E-state index contributed by atoms with van der Waals surface area (Å²) in [4.78, 5) is 16.4. The van der Waals surface area contributed by atoms with Crippen LogP contribution in [0.2, 0.25) is 10.0 Å². The Labute approximate surface area is 158 Å². The van der Waals surface area contributed by atoms with E-state index in [-0.39, 0.29) is 5.91 Å². The van der Waals surface area contributed by atoms with Crippen molar-refractivity contribution in [2.45, 2.75) is 0 Å². The van der Waals surface area contributed by atoms with Crippen LogP contribution < -0.4 is 11.1 Å². The van der Waals surface area contributed by atoms with Crippen LogP contribution in [0, 0.1) is 0 Å². The number of benzene rings is 2. The topological polar surface area (TPSA) is 68.0 Å². The molecule has 0 fully saturated rings. The van der Waals surface area contributed by atoms with Crippen molar-refractivity contribution in [2.75, 3.05) is 11.1 Å². The minimum absolute atomic E-state index is 0.292. The van der Waals surface area contributed by atoms with E-state index in [2.05, 4.69) is 10.3 Å². The van der Waals surface area contributed by atoms with Crippen molar-refractivity contribution in [3.63, 3.8) is 0 Å². The Kier molecular flexibility index (Phi) is 5.38. The smallest absolute Gasteiger partial charge is 0.250 e. The van der Waals surface area contributed by atoms with Crippen molar-refractivity contribution in [1.29, 1.82) is 0 Å². The van der Waals surface area contributed by atoms with E-state index in [1.807, 2.05) is 29.6 Å². The number of hydrogen-bond acceptors (Lipinski definition) is 4. The minimum Gasteiger partial charge on any atom is -0.399 e. The first-order chi connectivity index (χ1) is 12.0. The van der Waals surface area contributed by atoms with Crippen LogP contribution in [0.1, 0.15) is 5.56 Å². The van der Waals surface area contributed by atoms with Gasteiger partial charge >= 0.3 is 0 Å². The van der Waals surface area contributed by atoms with Gasteiger partial charge in [-0.3, -0.25) is 10.1 Å². The van der Waals surface area contributed by atoms with Crippen LogP contribution in [0.3, 0.4) is 0 Å². The van der Waals surface area contributed by atoms with Crippen molar-refractivity contribution in [3.8, 4) is 11.3 Å². The summed E-state index contributed by atoms with van der Waals surface area (Å²) in [6.45, 7) is 0. The Morgan fingerprint density at radius 3 is 2.80 bits per heavy atom. The van der Waals surface area contributed by atoms with Gasteiger partial charge in [0.25, 0.3) is 0 Å². The van der Waals surface area contributed by atoms with Gasteiger partial charge in [-0.15, -0.1) is 11.3 Å². The van der Waals surface area contributed by atoms with Gasteiger partial charge in [0.2, 0.25) is 5.91 Å². The number of nitrogens with two attached hydrogens (primary N) is 1. The molecule has 0 aliphatic rings. The highest BCUT2D eigenvalue weighted by Crippen LogP contribution is 2.26. The van der Waals surface area contributed by atoms with Crippen LogP contribution in [-0.2, 0) is 4.79 Å². The summed E-state index contributed by atoms with van der Waals surface area (Å²) >= 11 is 13.3. The van der Waals surface area contributed by atoms with Crippen molar-refractivity contribution in [2.24, 2.45) is 0 Å². The van der Waals surface area contributed by atoms with Gasteiger partial charge in [-0.05, 0) is 35.9 Å². The maximum Gasteiger partial charge on any atom is 0.250 e. The predicted molar refractivity (Wildman–Crippen MR) is 106 cm³/mol. The SMILES string of the molecule is Nc1cccc(-c2csc(NC(=O)/C=C/c3ccc(Cl)cc3Cl)n2)c1. The third-order valence-electron chi connectivity index (χ3n) is 3.29. The predicted octanol–water partition coefficient (Wildman–Crippen LogP) is 5.35. The number of anilines is 2. The lowest BCUT2D eigenvalue weighted by atomic mass is 10.1. The monoisotopic (exact) mass is 389 g/mol.